The molecule has 0 bridgehead atoms. The Morgan fingerprint density at radius 2 is 1.86 bits per heavy atom. The number of aliphatic imine (C=N–C) groups is 1. The highest BCUT2D eigenvalue weighted by Gasteiger charge is 2.53. The van der Waals surface area contributed by atoms with Gasteiger partial charge < -0.3 is 0 Å². The number of benzene rings is 1. The summed E-state index contributed by atoms with van der Waals surface area (Å²) in [6, 6.07) is 4.14. The monoisotopic (exact) mass is 420 g/mol. The van der Waals surface area contributed by atoms with Crippen molar-refractivity contribution in [1.82, 2.24) is 14.4 Å². The zero-order valence-corrected chi connectivity index (χ0v) is 17.5. The van der Waals surface area contributed by atoms with Crippen molar-refractivity contribution in [3.05, 3.63) is 45.7 Å². The number of carbonyl (C=O) groups is 2. The van der Waals surface area contributed by atoms with E-state index in [1.54, 1.807) is 25.2 Å². The summed E-state index contributed by atoms with van der Waals surface area (Å²) in [7, 11) is 1.63. The summed E-state index contributed by atoms with van der Waals surface area (Å²) < 4.78 is 3.88. The molecule has 2 aliphatic heterocycles. The molecule has 0 aliphatic carbocycles. The minimum absolute atomic E-state index is 0.00403. The molecule has 9 heteroatoms. The van der Waals surface area contributed by atoms with E-state index < -0.39 is 12.1 Å². The first-order chi connectivity index (χ1) is 13.2. The molecule has 1 atom stereocenters. The fraction of sp³-hybridized carbons (Fsp3) is 0.368. The first kappa shape index (κ1) is 19.0. The molecule has 0 radical (unpaired) electrons. The third-order valence-corrected chi connectivity index (χ3v) is 5.85. The number of hydrogen-bond donors (Lipinski definition) is 0. The number of amides is 3. The van der Waals surface area contributed by atoms with Crippen molar-refractivity contribution < 1.29 is 14.2 Å². The molecule has 4 rings (SSSR count). The molecular formula is C19H20Cl2N5O2+. The molecule has 1 fully saturated rings. The second-order valence-electron chi connectivity index (χ2n) is 7.28. The number of aryl methyl sites for hydroxylation is 1. The normalized spacial score (nSPS) is 18.7. The molecule has 0 spiro atoms. The van der Waals surface area contributed by atoms with Gasteiger partial charge in [0.25, 0.3) is 5.91 Å². The highest BCUT2D eigenvalue weighted by molar-refractivity contribution is 6.36. The van der Waals surface area contributed by atoms with E-state index in [-0.39, 0.29) is 18.5 Å². The average Bonchev–Trinajstić information content (AvgIpc) is 3.13. The number of carbonyl (C=O) groups excluding carboxylic acids is 2. The van der Waals surface area contributed by atoms with Crippen molar-refractivity contribution in [2.75, 3.05) is 7.05 Å². The van der Waals surface area contributed by atoms with Gasteiger partial charge in [0, 0.05) is 22.7 Å². The Balaban J connectivity index is 1.77. The Hall–Kier alpha value is -2.38. The lowest BCUT2D eigenvalue weighted by molar-refractivity contribution is -0.677. The van der Waals surface area contributed by atoms with Crippen LogP contribution in [0.5, 0.6) is 0 Å². The van der Waals surface area contributed by atoms with Crippen LogP contribution in [0.15, 0.2) is 29.4 Å². The average molecular weight is 421 g/mol. The Morgan fingerprint density at radius 3 is 2.46 bits per heavy atom. The number of urea groups is 1. The summed E-state index contributed by atoms with van der Waals surface area (Å²) in [6.07, 6.45) is 1.90. The summed E-state index contributed by atoms with van der Waals surface area (Å²) in [5.41, 5.74) is 1.54. The summed E-state index contributed by atoms with van der Waals surface area (Å²) in [4.78, 5) is 33.5. The number of fused-ring (bicyclic) bond motifs is 3. The maximum atomic E-state index is 13.3. The van der Waals surface area contributed by atoms with Gasteiger partial charge in [-0.2, -0.15) is 0 Å². The molecule has 1 saturated heterocycles. The maximum Gasteiger partial charge on any atom is 0.402 e. The summed E-state index contributed by atoms with van der Waals surface area (Å²) >= 11 is 12.5. The molecular weight excluding hydrogens is 401 g/mol. The predicted molar refractivity (Wildman–Crippen MR) is 106 cm³/mol. The van der Waals surface area contributed by atoms with Crippen molar-refractivity contribution in [3.63, 3.8) is 0 Å². The van der Waals surface area contributed by atoms with E-state index in [0.717, 1.165) is 5.69 Å². The van der Waals surface area contributed by atoms with Crippen molar-refractivity contribution in [2.45, 2.75) is 39.4 Å². The second kappa shape index (κ2) is 6.60. The van der Waals surface area contributed by atoms with Gasteiger partial charge in [0.1, 0.15) is 11.9 Å². The van der Waals surface area contributed by atoms with Crippen LogP contribution in [0.25, 0.3) is 0 Å². The van der Waals surface area contributed by atoms with E-state index in [9.17, 15) is 9.59 Å². The largest absolute Gasteiger partial charge is 0.402 e. The Morgan fingerprint density at radius 1 is 1.21 bits per heavy atom. The molecule has 0 N–H and O–H groups in total. The summed E-state index contributed by atoms with van der Waals surface area (Å²) in [6.45, 7) is 6.09. The first-order valence-electron chi connectivity index (χ1n) is 8.96. The first-order valence-corrected chi connectivity index (χ1v) is 9.71. The zero-order chi connectivity index (χ0) is 20.3. The minimum atomic E-state index is -0.683. The van der Waals surface area contributed by atoms with Crippen LogP contribution in [-0.2, 0) is 11.3 Å². The highest BCUT2D eigenvalue weighted by Crippen LogP contribution is 2.33. The lowest BCUT2D eigenvalue weighted by Gasteiger charge is -2.33. The highest BCUT2D eigenvalue weighted by atomic mass is 35.5. The molecule has 1 aromatic carbocycles. The molecule has 1 unspecified atom stereocenters. The number of hydrogen-bond acceptors (Lipinski definition) is 3. The van der Waals surface area contributed by atoms with Gasteiger partial charge >= 0.3 is 12.0 Å². The quantitative estimate of drug-likeness (QED) is 0.711. The third-order valence-electron chi connectivity index (χ3n) is 5.15. The molecule has 1 aromatic heterocycles. The molecule has 2 aliphatic rings. The van der Waals surface area contributed by atoms with Crippen molar-refractivity contribution in [2.24, 2.45) is 4.99 Å². The smallest absolute Gasteiger partial charge is 0.270 e. The van der Waals surface area contributed by atoms with Gasteiger partial charge in [-0.25, -0.2) is 13.9 Å². The number of nitrogens with zero attached hydrogens (tertiary/aromatic N) is 5. The van der Waals surface area contributed by atoms with Crippen LogP contribution in [0.4, 0.5) is 10.7 Å². The van der Waals surface area contributed by atoms with Gasteiger partial charge in [-0.05, 0) is 32.9 Å². The zero-order valence-electron chi connectivity index (χ0n) is 16.0. The molecule has 28 heavy (non-hydrogen) atoms. The third kappa shape index (κ3) is 2.64. The van der Waals surface area contributed by atoms with Crippen LogP contribution < -0.4 is 4.57 Å². The summed E-state index contributed by atoms with van der Waals surface area (Å²) in [5.74, 6) is 0.751. The number of amidine groups is 1. The van der Waals surface area contributed by atoms with Crippen molar-refractivity contribution in [3.8, 4) is 0 Å². The predicted octanol–water partition coefficient (Wildman–Crippen LogP) is 3.65. The molecule has 3 amide bonds. The molecule has 7 nitrogen and oxygen atoms in total. The molecule has 2 aromatic rings. The van der Waals surface area contributed by atoms with E-state index in [0.29, 0.717) is 27.4 Å². The van der Waals surface area contributed by atoms with Crippen molar-refractivity contribution >= 4 is 46.9 Å². The number of likely N-dealkylation sites (N-methyl/N-ethyl adjacent to an activating group) is 1. The second-order valence-corrected chi connectivity index (χ2v) is 8.09. The SMILES string of the molecule is Cc1c[n+]2c(n1C(C)C)N=C1C2C(=O)N(Cc2c(Cl)cccc2Cl)C(=O)N1C. The fourth-order valence-corrected chi connectivity index (χ4v) is 4.34. The number of imidazole rings is 1. The van der Waals surface area contributed by atoms with E-state index in [1.807, 2.05) is 22.3 Å². The van der Waals surface area contributed by atoms with E-state index >= 15 is 0 Å². The number of halogens is 2. The van der Waals surface area contributed by atoms with Crippen LogP contribution in [0, 0.1) is 6.92 Å². The number of rotatable bonds is 3. The Kier molecular flexibility index (Phi) is 4.47. The molecule has 3 heterocycles. The minimum Gasteiger partial charge on any atom is -0.270 e. The van der Waals surface area contributed by atoms with Crippen LogP contribution in [-0.4, -0.2) is 39.2 Å². The number of imide groups is 1. The van der Waals surface area contributed by atoms with Gasteiger partial charge in [-0.15, -0.1) is 0 Å². The summed E-state index contributed by atoms with van der Waals surface area (Å²) in [5, 5.41) is 0.827. The molecule has 146 valence electrons. The van der Waals surface area contributed by atoms with Crippen LogP contribution >= 0.6 is 23.2 Å². The Labute approximate surface area is 172 Å². The molecule has 0 saturated carbocycles. The lowest BCUT2D eigenvalue weighted by atomic mass is 10.1. The van der Waals surface area contributed by atoms with E-state index in [1.165, 1.54) is 9.80 Å². The van der Waals surface area contributed by atoms with Crippen LogP contribution in [0.1, 0.15) is 37.2 Å². The van der Waals surface area contributed by atoms with Gasteiger partial charge in [0.15, 0.2) is 0 Å². The van der Waals surface area contributed by atoms with Gasteiger partial charge in [-0.3, -0.25) is 14.6 Å². The lowest BCUT2D eigenvalue weighted by Crippen LogP contribution is -2.62. The van der Waals surface area contributed by atoms with E-state index in [2.05, 4.69) is 18.8 Å². The van der Waals surface area contributed by atoms with Gasteiger partial charge in [0.05, 0.1) is 12.6 Å². The van der Waals surface area contributed by atoms with Crippen LogP contribution in [0.2, 0.25) is 10.0 Å². The van der Waals surface area contributed by atoms with Crippen LogP contribution in [0.3, 0.4) is 0 Å². The fourth-order valence-electron chi connectivity index (χ4n) is 3.83. The maximum absolute atomic E-state index is 13.3. The van der Waals surface area contributed by atoms with Crippen molar-refractivity contribution in [1.29, 1.82) is 0 Å². The van der Waals surface area contributed by atoms with E-state index in [4.69, 9.17) is 23.2 Å². The number of aromatic nitrogens is 2. The van der Waals surface area contributed by atoms with Gasteiger partial charge in [-0.1, -0.05) is 34.3 Å². The van der Waals surface area contributed by atoms with Gasteiger partial charge in [0.2, 0.25) is 11.9 Å². The topological polar surface area (TPSA) is 61.8 Å². The standard InChI is InChI=1S/C19H20Cl2N5O2/c1-10(2)26-11(3)8-24-15-16(22-18(24)26)23(4)19(28)25(17(15)27)9-12-13(20)6-5-7-14(12)21/h5-8,10,15H,9H2,1-4H3/q+1. The Bertz CT molecular complexity index is 1020.